The number of carbonyl (C=O) groups is 2. The Kier molecular flexibility index (Phi) is 15.6. The van der Waals surface area contributed by atoms with Crippen molar-refractivity contribution in [2.45, 2.75) is 117 Å². The number of anilines is 2. The first-order valence-electron chi connectivity index (χ1n) is 12.2. The molecule has 0 aliphatic heterocycles. The van der Waals surface area contributed by atoms with Gasteiger partial charge in [-0.25, -0.2) is 4.98 Å². The first-order valence-corrected chi connectivity index (χ1v) is 12.2. The smallest absolute Gasteiger partial charge is 0.225 e. The lowest BCUT2D eigenvalue weighted by Crippen LogP contribution is -2.12. The highest BCUT2D eigenvalue weighted by Gasteiger charge is 2.04. The SMILES string of the molecule is CCCCCCCCCCCCCCCCCC(=O)Nc1ccc(NC(C)=O)cn1. The standard InChI is InChI=1S/C25H43N3O2/c1-3-4-5-6-7-8-9-10-11-12-13-14-15-16-17-18-25(30)28-24-20-19-23(21-26-24)27-22(2)29/h19-21H,3-18H2,1-2H3,(H,27,29)(H,26,28,30). The zero-order chi connectivity index (χ0) is 21.9. The van der Waals surface area contributed by atoms with Gasteiger partial charge < -0.3 is 10.6 Å². The molecule has 0 saturated heterocycles. The average molecular weight is 418 g/mol. The van der Waals surface area contributed by atoms with Gasteiger partial charge in [-0.2, -0.15) is 0 Å². The Morgan fingerprint density at radius 2 is 1.23 bits per heavy atom. The minimum Gasteiger partial charge on any atom is -0.325 e. The average Bonchev–Trinajstić information content (AvgIpc) is 2.72. The highest BCUT2D eigenvalue weighted by atomic mass is 16.2. The first kappa shape index (κ1) is 26.1. The molecule has 0 atom stereocenters. The second-order valence-electron chi connectivity index (χ2n) is 8.36. The Morgan fingerprint density at radius 1 is 0.733 bits per heavy atom. The van der Waals surface area contributed by atoms with Crippen LogP contribution in [0.1, 0.15) is 117 Å². The molecular formula is C25H43N3O2. The molecule has 0 fully saturated rings. The third kappa shape index (κ3) is 15.0. The van der Waals surface area contributed by atoms with Crippen molar-refractivity contribution >= 4 is 23.3 Å². The summed E-state index contributed by atoms with van der Waals surface area (Å²) in [7, 11) is 0. The molecule has 0 bridgehead atoms. The second-order valence-corrected chi connectivity index (χ2v) is 8.36. The molecule has 1 rings (SSSR count). The summed E-state index contributed by atoms with van der Waals surface area (Å²) >= 11 is 0. The predicted octanol–water partition coefficient (Wildman–Crippen LogP) is 7.24. The van der Waals surface area contributed by atoms with Gasteiger partial charge in [-0.15, -0.1) is 0 Å². The van der Waals surface area contributed by atoms with Crippen molar-refractivity contribution in [2.75, 3.05) is 10.6 Å². The van der Waals surface area contributed by atoms with Crippen LogP contribution in [0.15, 0.2) is 18.3 Å². The van der Waals surface area contributed by atoms with E-state index in [1.54, 1.807) is 18.3 Å². The number of hydrogen-bond donors (Lipinski definition) is 2. The summed E-state index contributed by atoms with van der Waals surface area (Å²) in [5.41, 5.74) is 0.628. The molecule has 30 heavy (non-hydrogen) atoms. The maximum absolute atomic E-state index is 12.0. The van der Waals surface area contributed by atoms with E-state index in [0.717, 1.165) is 12.8 Å². The van der Waals surface area contributed by atoms with Gasteiger partial charge in [0.1, 0.15) is 5.82 Å². The number of amides is 2. The van der Waals surface area contributed by atoms with E-state index in [0.29, 0.717) is 17.9 Å². The van der Waals surface area contributed by atoms with Gasteiger partial charge in [-0.05, 0) is 18.6 Å². The molecule has 2 N–H and O–H groups in total. The Hall–Kier alpha value is -1.91. The van der Waals surface area contributed by atoms with Crippen LogP contribution < -0.4 is 10.6 Å². The number of hydrogen-bond acceptors (Lipinski definition) is 3. The van der Waals surface area contributed by atoms with Crippen molar-refractivity contribution in [1.29, 1.82) is 0 Å². The van der Waals surface area contributed by atoms with Crippen LogP contribution in [0.25, 0.3) is 0 Å². The molecular weight excluding hydrogens is 374 g/mol. The van der Waals surface area contributed by atoms with Crippen LogP contribution in [0, 0.1) is 0 Å². The maximum Gasteiger partial charge on any atom is 0.225 e. The lowest BCUT2D eigenvalue weighted by molar-refractivity contribution is -0.116. The minimum absolute atomic E-state index is 0.00414. The van der Waals surface area contributed by atoms with Gasteiger partial charge >= 0.3 is 0 Å². The van der Waals surface area contributed by atoms with Crippen LogP contribution in [0.5, 0.6) is 0 Å². The van der Waals surface area contributed by atoms with E-state index in [1.165, 1.54) is 90.4 Å². The van der Waals surface area contributed by atoms with Gasteiger partial charge in [0.25, 0.3) is 0 Å². The van der Waals surface area contributed by atoms with E-state index in [-0.39, 0.29) is 11.8 Å². The van der Waals surface area contributed by atoms with E-state index in [2.05, 4.69) is 22.5 Å². The highest BCUT2D eigenvalue weighted by Crippen LogP contribution is 2.14. The summed E-state index contributed by atoms with van der Waals surface area (Å²) in [6, 6.07) is 3.44. The zero-order valence-corrected chi connectivity index (χ0v) is 19.3. The molecule has 0 radical (unpaired) electrons. The monoisotopic (exact) mass is 417 g/mol. The Morgan fingerprint density at radius 3 is 1.67 bits per heavy atom. The molecule has 0 aromatic carbocycles. The van der Waals surface area contributed by atoms with Crippen molar-refractivity contribution in [2.24, 2.45) is 0 Å². The highest BCUT2D eigenvalue weighted by molar-refractivity contribution is 5.91. The number of nitrogens with one attached hydrogen (secondary N) is 2. The quantitative estimate of drug-likeness (QED) is 0.247. The third-order valence-corrected chi connectivity index (χ3v) is 5.36. The summed E-state index contributed by atoms with van der Waals surface area (Å²) in [5.74, 6) is 0.390. The van der Waals surface area contributed by atoms with Gasteiger partial charge in [0.15, 0.2) is 0 Å². The Balaban J connectivity index is 1.89. The summed E-state index contributed by atoms with van der Waals surface area (Å²) in [6.07, 6.45) is 21.9. The summed E-state index contributed by atoms with van der Waals surface area (Å²) in [6.45, 7) is 3.72. The molecule has 2 amide bonds. The fourth-order valence-electron chi connectivity index (χ4n) is 3.61. The van der Waals surface area contributed by atoms with Crippen LogP contribution in [-0.4, -0.2) is 16.8 Å². The number of aromatic nitrogens is 1. The Bertz CT molecular complexity index is 572. The number of pyridine rings is 1. The van der Waals surface area contributed by atoms with Gasteiger partial charge in [0.05, 0.1) is 11.9 Å². The molecule has 5 heteroatoms. The topological polar surface area (TPSA) is 71.1 Å². The van der Waals surface area contributed by atoms with E-state index in [9.17, 15) is 9.59 Å². The van der Waals surface area contributed by atoms with Crippen LogP contribution in [-0.2, 0) is 9.59 Å². The van der Waals surface area contributed by atoms with E-state index in [1.807, 2.05) is 0 Å². The number of unbranched alkanes of at least 4 members (excludes halogenated alkanes) is 14. The number of carbonyl (C=O) groups excluding carboxylic acids is 2. The van der Waals surface area contributed by atoms with Crippen molar-refractivity contribution in [1.82, 2.24) is 4.98 Å². The fourth-order valence-corrected chi connectivity index (χ4v) is 3.61. The molecule has 5 nitrogen and oxygen atoms in total. The summed E-state index contributed by atoms with van der Waals surface area (Å²) in [4.78, 5) is 27.1. The summed E-state index contributed by atoms with van der Waals surface area (Å²) < 4.78 is 0. The van der Waals surface area contributed by atoms with E-state index < -0.39 is 0 Å². The number of rotatable bonds is 18. The van der Waals surface area contributed by atoms with Gasteiger partial charge in [-0.3, -0.25) is 9.59 Å². The van der Waals surface area contributed by atoms with Crippen LogP contribution in [0.2, 0.25) is 0 Å². The van der Waals surface area contributed by atoms with E-state index in [4.69, 9.17) is 0 Å². The molecule has 170 valence electrons. The molecule has 1 aromatic heterocycles. The second kappa shape index (κ2) is 17.9. The number of nitrogens with zero attached hydrogens (tertiary/aromatic N) is 1. The van der Waals surface area contributed by atoms with Crippen molar-refractivity contribution in [3.05, 3.63) is 18.3 Å². The zero-order valence-electron chi connectivity index (χ0n) is 19.3. The molecule has 1 aromatic rings. The normalized spacial score (nSPS) is 10.7. The molecule has 0 aliphatic rings. The third-order valence-electron chi connectivity index (χ3n) is 5.36. The minimum atomic E-state index is -0.137. The van der Waals surface area contributed by atoms with Crippen LogP contribution >= 0.6 is 0 Å². The molecule has 0 saturated carbocycles. The molecule has 1 heterocycles. The van der Waals surface area contributed by atoms with Gasteiger partial charge in [-0.1, -0.05) is 96.8 Å². The van der Waals surface area contributed by atoms with Gasteiger partial charge in [0, 0.05) is 13.3 Å². The maximum atomic E-state index is 12.0. The van der Waals surface area contributed by atoms with Gasteiger partial charge in [0.2, 0.25) is 11.8 Å². The molecule has 0 unspecified atom stereocenters. The first-order chi connectivity index (χ1) is 14.6. The molecule has 0 aliphatic carbocycles. The lowest BCUT2D eigenvalue weighted by atomic mass is 10.0. The van der Waals surface area contributed by atoms with Crippen LogP contribution in [0.3, 0.4) is 0 Å². The lowest BCUT2D eigenvalue weighted by Gasteiger charge is -2.06. The van der Waals surface area contributed by atoms with Crippen molar-refractivity contribution in [3.8, 4) is 0 Å². The fraction of sp³-hybridized carbons (Fsp3) is 0.720. The molecule has 0 spiro atoms. The predicted molar refractivity (Wildman–Crippen MR) is 127 cm³/mol. The van der Waals surface area contributed by atoms with Crippen LogP contribution in [0.4, 0.5) is 11.5 Å². The largest absolute Gasteiger partial charge is 0.325 e. The van der Waals surface area contributed by atoms with E-state index >= 15 is 0 Å². The Labute approximate surface area is 183 Å². The van der Waals surface area contributed by atoms with Crippen molar-refractivity contribution < 1.29 is 9.59 Å². The summed E-state index contributed by atoms with van der Waals surface area (Å²) in [5, 5.41) is 5.46. The van der Waals surface area contributed by atoms with Crippen molar-refractivity contribution in [3.63, 3.8) is 0 Å².